The number of nitriles is 1. The highest BCUT2D eigenvalue weighted by Gasteiger charge is 2.18. The maximum Gasteiger partial charge on any atom is 0.196 e. The summed E-state index contributed by atoms with van der Waals surface area (Å²) in [6.07, 6.45) is 0.448. The summed E-state index contributed by atoms with van der Waals surface area (Å²) in [6, 6.07) is 17.2. The molecule has 0 amide bonds. The molecule has 1 aromatic heterocycles. The number of aromatic nitrogens is 3. The van der Waals surface area contributed by atoms with E-state index in [-0.39, 0.29) is 0 Å². The van der Waals surface area contributed by atoms with E-state index in [0.29, 0.717) is 28.0 Å². The molecule has 7 heteroatoms. The van der Waals surface area contributed by atoms with Crippen molar-refractivity contribution in [2.24, 2.45) is 0 Å². The first-order chi connectivity index (χ1) is 11.7. The molecule has 3 rings (SSSR count). The van der Waals surface area contributed by atoms with Gasteiger partial charge in [-0.3, -0.25) is 4.57 Å². The van der Waals surface area contributed by atoms with E-state index in [1.165, 1.54) is 11.8 Å². The van der Waals surface area contributed by atoms with Crippen LogP contribution < -0.4 is 0 Å². The number of hydrogen-bond donors (Lipinski definition) is 0. The first kappa shape index (κ1) is 16.8. The third-order valence-electron chi connectivity index (χ3n) is 3.26. The maximum absolute atomic E-state index is 8.74. The van der Waals surface area contributed by atoms with E-state index < -0.39 is 0 Å². The number of benzene rings is 2. The van der Waals surface area contributed by atoms with Crippen LogP contribution in [0.25, 0.3) is 17.1 Å². The SMILES string of the molecule is N#CCCSc1nnc(-c2ccc(Cl)cc2Cl)n1-c1ccccc1. The Morgan fingerprint density at radius 2 is 1.88 bits per heavy atom. The van der Waals surface area contributed by atoms with Gasteiger partial charge in [-0.25, -0.2) is 0 Å². The first-order valence-corrected chi connectivity index (χ1v) is 8.91. The molecule has 0 atom stereocenters. The van der Waals surface area contributed by atoms with Gasteiger partial charge in [0, 0.05) is 28.4 Å². The van der Waals surface area contributed by atoms with Gasteiger partial charge in [-0.15, -0.1) is 10.2 Å². The van der Waals surface area contributed by atoms with Crippen molar-refractivity contribution in [2.45, 2.75) is 11.6 Å². The van der Waals surface area contributed by atoms with E-state index in [1.807, 2.05) is 41.0 Å². The molecule has 0 unspecified atom stereocenters. The van der Waals surface area contributed by atoms with Crippen LogP contribution in [-0.4, -0.2) is 20.5 Å². The highest BCUT2D eigenvalue weighted by Crippen LogP contribution is 2.33. The number of rotatable bonds is 5. The highest BCUT2D eigenvalue weighted by atomic mass is 35.5. The van der Waals surface area contributed by atoms with Crippen LogP contribution in [-0.2, 0) is 0 Å². The van der Waals surface area contributed by atoms with Gasteiger partial charge in [0.25, 0.3) is 0 Å². The van der Waals surface area contributed by atoms with Crippen molar-refractivity contribution in [3.05, 3.63) is 58.6 Å². The average Bonchev–Trinajstić information content (AvgIpc) is 2.99. The van der Waals surface area contributed by atoms with E-state index in [1.54, 1.807) is 12.1 Å². The lowest BCUT2D eigenvalue weighted by Crippen LogP contribution is -2.00. The van der Waals surface area contributed by atoms with Crippen molar-refractivity contribution in [1.82, 2.24) is 14.8 Å². The zero-order valence-electron chi connectivity index (χ0n) is 12.5. The Morgan fingerprint density at radius 1 is 1.08 bits per heavy atom. The Kier molecular flexibility index (Phi) is 5.41. The number of para-hydroxylation sites is 1. The molecule has 0 aliphatic carbocycles. The van der Waals surface area contributed by atoms with Crippen LogP contribution in [0.4, 0.5) is 0 Å². The molecule has 0 radical (unpaired) electrons. The Hall–Kier alpha value is -2.00. The smallest absolute Gasteiger partial charge is 0.196 e. The summed E-state index contributed by atoms with van der Waals surface area (Å²) in [6.45, 7) is 0. The van der Waals surface area contributed by atoms with Gasteiger partial charge in [-0.2, -0.15) is 5.26 Å². The van der Waals surface area contributed by atoms with Crippen LogP contribution in [0.15, 0.2) is 53.7 Å². The minimum atomic E-state index is 0.448. The molecule has 0 aliphatic heterocycles. The minimum Gasteiger partial charge on any atom is -0.270 e. The Labute approximate surface area is 154 Å². The molecular formula is C17H12Cl2N4S. The average molecular weight is 375 g/mol. The zero-order chi connectivity index (χ0) is 16.9. The van der Waals surface area contributed by atoms with E-state index in [2.05, 4.69) is 16.3 Å². The van der Waals surface area contributed by atoms with E-state index in [4.69, 9.17) is 28.5 Å². The standard InChI is InChI=1S/C17H12Cl2N4S/c18-12-7-8-14(15(19)11-12)16-21-22-17(24-10-4-9-20)23(16)13-5-2-1-3-6-13/h1-3,5-8,11H,4,10H2. The van der Waals surface area contributed by atoms with Gasteiger partial charge < -0.3 is 0 Å². The topological polar surface area (TPSA) is 54.5 Å². The Morgan fingerprint density at radius 3 is 2.58 bits per heavy atom. The van der Waals surface area contributed by atoms with Crippen molar-refractivity contribution >= 4 is 35.0 Å². The van der Waals surface area contributed by atoms with Gasteiger partial charge in [0.15, 0.2) is 11.0 Å². The molecule has 120 valence electrons. The molecule has 4 nitrogen and oxygen atoms in total. The quantitative estimate of drug-likeness (QED) is 0.452. The molecule has 3 aromatic rings. The summed E-state index contributed by atoms with van der Waals surface area (Å²) in [4.78, 5) is 0. The Bertz CT molecular complexity index is 887. The van der Waals surface area contributed by atoms with Crippen molar-refractivity contribution in [1.29, 1.82) is 5.26 Å². The lowest BCUT2D eigenvalue weighted by atomic mass is 10.2. The third kappa shape index (κ3) is 3.57. The lowest BCUT2D eigenvalue weighted by Gasteiger charge is -2.11. The summed E-state index contributed by atoms with van der Waals surface area (Å²) in [5.41, 5.74) is 1.69. The molecule has 0 N–H and O–H groups in total. The first-order valence-electron chi connectivity index (χ1n) is 7.16. The summed E-state index contributed by atoms with van der Waals surface area (Å²) in [5.74, 6) is 1.29. The fourth-order valence-corrected chi connectivity index (χ4v) is 3.49. The zero-order valence-corrected chi connectivity index (χ0v) is 14.8. The molecule has 0 bridgehead atoms. The van der Waals surface area contributed by atoms with Crippen molar-refractivity contribution in [2.75, 3.05) is 5.75 Å². The minimum absolute atomic E-state index is 0.448. The number of hydrogen-bond acceptors (Lipinski definition) is 4. The molecule has 0 spiro atoms. The second-order valence-corrected chi connectivity index (χ2v) is 6.76. The lowest BCUT2D eigenvalue weighted by molar-refractivity contribution is 0.885. The van der Waals surface area contributed by atoms with Crippen molar-refractivity contribution < 1.29 is 0 Å². The van der Waals surface area contributed by atoms with Crippen LogP contribution in [0.5, 0.6) is 0 Å². The molecule has 0 saturated carbocycles. The molecule has 0 fully saturated rings. The van der Waals surface area contributed by atoms with Gasteiger partial charge in [-0.1, -0.05) is 53.2 Å². The van der Waals surface area contributed by atoms with Gasteiger partial charge >= 0.3 is 0 Å². The second kappa shape index (κ2) is 7.71. The monoisotopic (exact) mass is 374 g/mol. The number of thioether (sulfide) groups is 1. The summed E-state index contributed by atoms with van der Waals surface area (Å²) in [7, 11) is 0. The fourth-order valence-electron chi connectivity index (χ4n) is 2.21. The Balaban J connectivity index is 2.11. The molecular weight excluding hydrogens is 363 g/mol. The molecule has 1 heterocycles. The van der Waals surface area contributed by atoms with E-state index in [0.717, 1.165) is 16.4 Å². The van der Waals surface area contributed by atoms with Gasteiger partial charge in [0.05, 0.1) is 11.1 Å². The predicted molar refractivity (Wildman–Crippen MR) is 97.8 cm³/mol. The second-order valence-electron chi connectivity index (χ2n) is 4.86. The highest BCUT2D eigenvalue weighted by molar-refractivity contribution is 7.99. The van der Waals surface area contributed by atoms with E-state index in [9.17, 15) is 0 Å². The van der Waals surface area contributed by atoms with Crippen LogP contribution in [0.2, 0.25) is 10.0 Å². The molecule has 0 saturated heterocycles. The fraction of sp³-hybridized carbons (Fsp3) is 0.118. The van der Waals surface area contributed by atoms with Crippen LogP contribution in [0.3, 0.4) is 0 Å². The normalized spacial score (nSPS) is 10.5. The van der Waals surface area contributed by atoms with Crippen molar-refractivity contribution in [3.63, 3.8) is 0 Å². The largest absolute Gasteiger partial charge is 0.270 e. The molecule has 0 aliphatic rings. The summed E-state index contributed by atoms with van der Waals surface area (Å²) < 4.78 is 1.94. The molecule has 2 aromatic carbocycles. The number of halogens is 2. The van der Waals surface area contributed by atoms with Gasteiger partial charge in [0.1, 0.15) is 0 Å². The number of nitrogens with zero attached hydrogens (tertiary/aromatic N) is 4. The van der Waals surface area contributed by atoms with Crippen LogP contribution in [0, 0.1) is 11.3 Å². The summed E-state index contributed by atoms with van der Waals surface area (Å²) in [5, 5.41) is 19.1. The maximum atomic E-state index is 8.74. The molecule has 24 heavy (non-hydrogen) atoms. The third-order valence-corrected chi connectivity index (χ3v) is 4.74. The van der Waals surface area contributed by atoms with Gasteiger partial charge in [-0.05, 0) is 30.3 Å². The van der Waals surface area contributed by atoms with Crippen molar-refractivity contribution in [3.8, 4) is 23.1 Å². The van der Waals surface area contributed by atoms with E-state index >= 15 is 0 Å². The summed E-state index contributed by atoms with van der Waals surface area (Å²) >= 11 is 13.8. The predicted octanol–water partition coefficient (Wildman–Crippen LogP) is 5.25. The van der Waals surface area contributed by atoms with Crippen LogP contribution in [0.1, 0.15) is 6.42 Å². The van der Waals surface area contributed by atoms with Crippen LogP contribution >= 0.6 is 35.0 Å². The van der Waals surface area contributed by atoms with Gasteiger partial charge in [0.2, 0.25) is 0 Å².